The monoisotopic (exact) mass is 1570 g/mol. The van der Waals surface area contributed by atoms with Crippen LogP contribution < -0.4 is 0 Å². The molecule has 18 atom stereocenters. The largest absolute Gasteiger partial charge is 0.445 e. The van der Waals surface area contributed by atoms with Crippen LogP contribution in [0.5, 0.6) is 0 Å². The van der Waals surface area contributed by atoms with E-state index in [9.17, 15) is 0 Å². The lowest BCUT2D eigenvalue weighted by Gasteiger charge is -2.52. The molecule has 0 amide bonds. The van der Waals surface area contributed by atoms with Crippen molar-refractivity contribution in [2.75, 3.05) is 26.4 Å². The average molecular weight is 1570 g/mol. The second-order valence-corrected chi connectivity index (χ2v) is 35.1. The topological polar surface area (TPSA) is 190 Å². The van der Waals surface area contributed by atoms with Gasteiger partial charge in [0.1, 0.15) is 72.7 Å². The number of benzene rings is 8. The van der Waals surface area contributed by atoms with Gasteiger partial charge in [-0.15, -0.1) is 0 Å². The Balaban J connectivity index is 0.917. The van der Waals surface area contributed by atoms with Gasteiger partial charge in [0.05, 0.1) is 78.8 Å². The van der Waals surface area contributed by atoms with Gasteiger partial charge in [0.15, 0.2) is 33.5 Å². The smallest absolute Gasteiger partial charge is 0.265 e. The van der Waals surface area contributed by atoms with Gasteiger partial charge >= 0.3 is 0 Å². The molecule has 8 aromatic carbocycles. The molecule has 5 heterocycles. The van der Waals surface area contributed by atoms with Crippen LogP contribution in [0.2, 0.25) is 18.1 Å². The number of halogens is 3. The Morgan fingerprint density at radius 1 is 0.431 bits per heavy atom. The number of rotatable bonds is 36. The molecule has 5 saturated heterocycles. The molecule has 5 aliphatic heterocycles. The molecule has 1 N–H and O–H groups in total. The van der Waals surface area contributed by atoms with Crippen LogP contribution in [0.15, 0.2) is 243 Å². The van der Waals surface area contributed by atoms with Gasteiger partial charge in [-0.2, -0.15) is 0 Å². The van der Waals surface area contributed by atoms with Gasteiger partial charge in [-0.3, -0.25) is 5.41 Å². The zero-order valence-corrected chi connectivity index (χ0v) is 65.1. The van der Waals surface area contributed by atoms with Crippen LogP contribution in [0.25, 0.3) is 0 Å². The molecule has 23 heteroatoms. The highest BCUT2D eigenvalue weighted by Gasteiger charge is 2.63. The summed E-state index contributed by atoms with van der Waals surface area (Å²) in [7, 11) is -2.74. The number of alkyl halides is 3. The first-order valence-electron chi connectivity index (χ1n) is 37.7. The molecule has 0 bridgehead atoms. The third-order valence-corrected chi connectivity index (χ3v) is 25.8. The number of fused-ring (bicyclic) bond motifs is 1. The van der Waals surface area contributed by atoms with Gasteiger partial charge in [0, 0.05) is 5.56 Å². The zero-order chi connectivity index (χ0) is 75.4. The van der Waals surface area contributed by atoms with Crippen LogP contribution >= 0.6 is 34.8 Å². The molecule has 0 unspecified atom stereocenters. The molecule has 0 saturated carbocycles. The lowest BCUT2D eigenvalue weighted by Crippen LogP contribution is -2.68. The first-order valence-corrected chi connectivity index (χ1v) is 41.3. The maximum absolute atomic E-state index is 9.16. The van der Waals surface area contributed by atoms with Crippen molar-refractivity contribution in [1.29, 1.82) is 5.41 Å². The fourth-order valence-corrected chi connectivity index (χ4v) is 17.4. The van der Waals surface area contributed by atoms with Crippen molar-refractivity contribution in [1.82, 2.24) is 0 Å². The Kier molecular flexibility index (Phi) is 29.2. The summed E-state index contributed by atoms with van der Waals surface area (Å²) in [5.41, 5.74) is 6.04. The van der Waals surface area contributed by atoms with Crippen LogP contribution in [0, 0.1) is 5.41 Å². The van der Waals surface area contributed by atoms with E-state index in [-0.39, 0.29) is 66.1 Å². The molecule has 580 valence electrons. The molecule has 8 aromatic rings. The molecule has 0 radical (unpaired) electrons. The van der Waals surface area contributed by atoms with Crippen molar-refractivity contribution >= 4 is 49.0 Å². The van der Waals surface area contributed by atoms with E-state index in [0.29, 0.717) is 6.61 Å². The minimum atomic E-state index is -2.74. The first kappa shape index (κ1) is 80.7. The number of ether oxygens (including phenoxy) is 17. The lowest BCUT2D eigenvalue weighted by atomic mass is 9.96. The summed E-state index contributed by atoms with van der Waals surface area (Å²) in [6.45, 7) is 9.57. The maximum atomic E-state index is 9.16. The molecule has 19 nitrogen and oxygen atoms in total. The van der Waals surface area contributed by atoms with Crippen LogP contribution in [-0.4, -0.2) is 148 Å². The van der Waals surface area contributed by atoms with Crippen molar-refractivity contribution in [3.63, 3.8) is 0 Å². The maximum Gasteiger partial charge on any atom is 0.265 e. The quantitative estimate of drug-likeness (QED) is 0.0169. The average Bonchev–Trinajstić information content (AvgIpc) is 1.69. The van der Waals surface area contributed by atoms with Crippen LogP contribution in [0.4, 0.5) is 0 Å². The summed E-state index contributed by atoms with van der Waals surface area (Å²) < 4.78 is 127. The van der Waals surface area contributed by atoms with E-state index >= 15 is 0 Å². The molecule has 0 aliphatic carbocycles. The first-order chi connectivity index (χ1) is 53.3. The Morgan fingerprint density at radius 2 is 0.853 bits per heavy atom. The summed E-state index contributed by atoms with van der Waals surface area (Å²) >= 11 is 19.6. The second-order valence-electron chi connectivity index (χ2n) is 28.0. The molecule has 0 spiro atoms. The molecule has 13 rings (SSSR count). The van der Waals surface area contributed by atoms with Gasteiger partial charge in [-0.25, -0.2) is 0 Å². The molecule has 5 aliphatic rings. The standard InChI is InChI=1S/C86H98Cl3NO18Si/c1-5-109(6-2,7-3)108-77-73(95-52-64-40-24-12-25-41-64)71(94-51-63-38-22-11-23-39-63)69(55-91-48-60-32-16-8-17-33-60)101-82(77)104-74-70(59(4)100-81(106-84(90)86(87,88)89)76(74)97-54-66-44-28-14-29-45-66)102-80-75(96-53-65-42-26-13-27-43-65)72(68(56-98-80)93-50-62-36-20-10-21-37-62)103-83-78-85(58-99-83,57-92-49-61-34-18-9-19-35-61)107-79(105-78)67-46-30-15-31-47-67/h8-47,59,68-83,90H,5-7,48-58H2,1-4H3/t59-,68+,69+,70-,71+,72-,73-,74+,75+,76+,77+,78-,79+,80-,81-,82-,83-,85+/m0/s1. The molecule has 0 aromatic heterocycles. The molecule has 5 fully saturated rings. The van der Waals surface area contributed by atoms with Crippen molar-refractivity contribution < 1.29 is 85.0 Å². The van der Waals surface area contributed by atoms with Gasteiger partial charge in [-0.1, -0.05) is 298 Å². The molecular weight excluding hydrogens is 1470 g/mol. The van der Waals surface area contributed by atoms with Gasteiger partial charge < -0.3 is 85.0 Å². The summed E-state index contributed by atoms with van der Waals surface area (Å²) in [6, 6.07) is 81.1. The normalized spacial score (nSPS) is 28.5. The Hall–Kier alpha value is -6.36. The number of hydrogen-bond donors (Lipinski definition) is 1. The Labute approximate surface area is 655 Å². The van der Waals surface area contributed by atoms with E-state index in [2.05, 4.69) is 20.8 Å². The van der Waals surface area contributed by atoms with Gasteiger partial charge in [0.2, 0.25) is 12.2 Å². The van der Waals surface area contributed by atoms with Crippen molar-refractivity contribution in [3.8, 4) is 0 Å². The minimum absolute atomic E-state index is 0.0225. The van der Waals surface area contributed by atoms with E-state index in [1.807, 2.05) is 243 Å². The fraction of sp³-hybridized carbons (Fsp3) is 0.430. The summed E-state index contributed by atoms with van der Waals surface area (Å²) in [4.78, 5) is 0. The molecular formula is C86H98Cl3NO18Si. The third-order valence-electron chi connectivity index (χ3n) is 20.6. The SMILES string of the molecule is CC[Si](CC)(CC)O[C@H]1[C@H](O[C@@H]2[C@@H](O[C@@H]3OC[C@@H](OCc4ccccc4)[C@H](O[C@@H]4OC[C@@]5(COCc6ccccc6)O[C@H](c6ccccc6)O[C@@H]45)[C@H]3OCc3ccccc3)[C@H](C)O[C@@H](OC(=N)C(Cl)(Cl)Cl)[C@@H]2OCc2ccccc2)O[C@H](COCc2ccccc2)[C@@H](OCc2ccccc2)[C@@H]1OCc1ccccc1. The highest BCUT2D eigenvalue weighted by Crippen LogP contribution is 2.47. The van der Waals surface area contributed by atoms with Crippen molar-refractivity contribution in [2.45, 2.75) is 206 Å². The van der Waals surface area contributed by atoms with Crippen molar-refractivity contribution in [2.24, 2.45) is 0 Å². The van der Waals surface area contributed by atoms with E-state index in [0.717, 1.165) is 62.6 Å². The molecule has 109 heavy (non-hydrogen) atoms. The van der Waals surface area contributed by atoms with Gasteiger partial charge in [0.25, 0.3) is 3.79 Å². The highest BCUT2D eigenvalue weighted by molar-refractivity contribution is 6.76. The van der Waals surface area contributed by atoms with Crippen LogP contribution in [0.1, 0.15) is 78.5 Å². The van der Waals surface area contributed by atoms with E-state index < -0.39 is 128 Å². The summed E-state index contributed by atoms with van der Waals surface area (Å²) in [6.07, 6.45) is -18.4. The van der Waals surface area contributed by atoms with Crippen LogP contribution in [0.3, 0.4) is 0 Å². The minimum Gasteiger partial charge on any atom is -0.445 e. The van der Waals surface area contributed by atoms with E-state index in [4.69, 9.17) is 125 Å². The summed E-state index contributed by atoms with van der Waals surface area (Å²) in [5, 5.41) is 9.16. The highest BCUT2D eigenvalue weighted by atomic mass is 35.6. The predicted octanol–water partition coefficient (Wildman–Crippen LogP) is 16.3. The van der Waals surface area contributed by atoms with E-state index in [1.54, 1.807) is 6.92 Å². The fourth-order valence-electron chi connectivity index (χ4n) is 14.5. The third kappa shape index (κ3) is 21.3. The summed E-state index contributed by atoms with van der Waals surface area (Å²) in [5.74, 6) is -0.733. The number of nitrogens with one attached hydrogen (secondary N) is 1. The Bertz CT molecular complexity index is 3960. The van der Waals surface area contributed by atoms with Crippen LogP contribution in [-0.2, 0) is 131 Å². The van der Waals surface area contributed by atoms with E-state index in [1.165, 1.54) is 0 Å². The van der Waals surface area contributed by atoms with Crippen molar-refractivity contribution in [3.05, 3.63) is 287 Å². The Morgan fingerprint density at radius 3 is 1.34 bits per heavy atom. The number of hydrogen-bond acceptors (Lipinski definition) is 19. The van der Waals surface area contributed by atoms with Gasteiger partial charge in [-0.05, 0) is 64.0 Å². The second kappa shape index (κ2) is 39.4. The zero-order valence-electron chi connectivity index (χ0n) is 61.8. The predicted molar refractivity (Wildman–Crippen MR) is 413 cm³/mol. The lowest BCUT2D eigenvalue weighted by molar-refractivity contribution is -0.386.